The molecule has 0 spiro atoms. The number of alkyl halides is 3. The third-order valence-corrected chi connectivity index (χ3v) is 6.78. The molecule has 2 fully saturated rings. The van der Waals surface area contributed by atoms with Gasteiger partial charge in [0, 0.05) is 25.4 Å². The molecule has 4 aliphatic heterocycles. The molecule has 5 rings (SSSR count). The summed E-state index contributed by atoms with van der Waals surface area (Å²) in [6, 6.07) is -2.34. The van der Waals surface area contributed by atoms with Crippen LogP contribution in [0.5, 0.6) is 5.88 Å². The smallest absolute Gasteiger partial charge is 0.408 e. The molecular formula is C24H30F3N7O5. The van der Waals surface area contributed by atoms with Gasteiger partial charge in [-0.15, -0.1) is 0 Å². The highest BCUT2D eigenvalue weighted by Crippen LogP contribution is 2.33. The van der Waals surface area contributed by atoms with E-state index >= 15 is 0 Å². The van der Waals surface area contributed by atoms with Crippen LogP contribution in [0.3, 0.4) is 0 Å². The lowest BCUT2D eigenvalue weighted by Crippen LogP contribution is -2.57. The van der Waals surface area contributed by atoms with Crippen LogP contribution in [-0.2, 0) is 14.3 Å². The summed E-state index contributed by atoms with van der Waals surface area (Å²) in [6.45, 7) is 6.32. The third kappa shape index (κ3) is 5.88. The van der Waals surface area contributed by atoms with E-state index in [4.69, 9.17) is 14.2 Å². The van der Waals surface area contributed by atoms with E-state index in [0.29, 0.717) is 37.6 Å². The summed E-state index contributed by atoms with van der Waals surface area (Å²) >= 11 is 0. The van der Waals surface area contributed by atoms with E-state index in [0.717, 1.165) is 6.92 Å². The molecule has 3 N–H and O–H groups in total. The number of nitrogens with one attached hydrogen (secondary N) is 3. The highest BCUT2D eigenvalue weighted by atomic mass is 19.4. The van der Waals surface area contributed by atoms with Crippen molar-refractivity contribution in [1.29, 1.82) is 0 Å². The number of hydrogen-bond donors (Lipinski definition) is 3. The number of halogens is 3. The molecule has 0 saturated carbocycles. The van der Waals surface area contributed by atoms with Crippen LogP contribution in [0.15, 0.2) is 35.9 Å². The van der Waals surface area contributed by atoms with Crippen molar-refractivity contribution in [3.63, 3.8) is 0 Å². The van der Waals surface area contributed by atoms with Gasteiger partial charge < -0.3 is 29.7 Å². The largest absolute Gasteiger partial charge is 0.475 e. The van der Waals surface area contributed by atoms with Crippen LogP contribution in [0.1, 0.15) is 27.2 Å². The Morgan fingerprint density at radius 2 is 2.15 bits per heavy atom. The summed E-state index contributed by atoms with van der Waals surface area (Å²) in [5.74, 6) is -0.979. The summed E-state index contributed by atoms with van der Waals surface area (Å²) in [5, 5.41) is 7.58. The van der Waals surface area contributed by atoms with E-state index in [9.17, 15) is 22.8 Å². The predicted octanol–water partition coefficient (Wildman–Crippen LogP) is 1.69. The number of anilines is 1. The molecule has 15 heteroatoms. The second kappa shape index (κ2) is 10.2. The molecule has 2 bridgehead atoms. The Morgan fingerprint density at radius 1 is 1.36 bits per heavy atom. The fourth-order valence-electron chi connectivity index (χ4n) is 4.81. The zero-order valence-electron chi connectivity index (χ0n) is 21.6. The normalized spacial score (nSPS) is 26.2. The van der Waals surface area contributed by atoms with Crippen molar-refractivity contribution in [1.82, 2.24) is 30.4 Å². The Morgan fingerprint density at radius 3 is 2.87 bits per heavy atom. The van der Waals surface area contributed by atoms with Gasteiger partial charge in [0.25, 0.3) is 0 Å². The maximum Gasteiger partial charge on any atom is 0.408 e. The van der Waals surface area contributed by atoms with Crippen molar-refractivity contribution < 1.29 is 37.0 Å². The van der Waals surface area contributed by atoms with Gasteiger partial charge in [-0.2, -0.15) is 18.2 Å². The number of carbonyl (C=O) groups excluding carboxylic acids is 2. The number of urea groups is 1. The second-order valence-corrected chi connectivity index (χ2v) is 10.2. The van der Waals surface area contributed by atoms with Gasteiger partial charge in [-0.25, -0.2) is 9.78 Å². The molecule has 1 aromatic rings. The van der Waals surface area contributed by atoms with Gasteiger partial charge in [-0.3, -0.25) is 15.0 Å². The van der Waals surface area contributed by atoms with E-state index in [-0.39, 0.29) is 30.6 Å². The molecule has 4 atom stereocenters. The average Bonchev–Trinajstić information content (AvgIpc) is 3.45. The number of ether oxygens (including phenoxy) is 3. The van der Waals surface area contributed by atoms with Crippen molar-refractivity contribution in [3.8, 4) is 5.88 Å². The van der Waals surface area contributed by atoms with E-state index in [1.54, 1.807) is 12.1 Å². The van der Waals surface area contributed by atoms with Crippen LogP contribution in [0.2, 0.25) is 0 Å². The predicted molar refractivity (Wildman–Crippen MR) is 130 cm³/mol. The summed E-state index contributed by atoms with van der Waals surface area (Å²) in [7, 11) is 0. The Kier molecular flexibility index (Phi) is 7.05. The number of allylic oxidation sites excluding steroid dienone is 1. The van der Waals surface area contributed by atoms with Crippen molar-refractivity contribution in [3.05, 3.63) is 35.9 Å². The van der Waals surface area contributed by atoms with Gasteiger partial charge in [0.2, 0.25) is 17.7 Å². The molecular weight excluding hydrogens is 523 g/mol. The van der Waals surface area contributed by atoms with Crippen molar-refractivity contribution >= 4 is 17.9 Å². The van der Waals surface area contributed by atoms with Crippen LogP contribution in [0, 0.1) is 0 Å². The van der Waals surface area contributed by atoms with Gasteiger partial charge in [-0.1, -0.05) is 6.08 Å². The summed E-state index contributed by atoms with van der Waals surface area (Å²) in [5.41, 5.74) is 0.673. The topological polar surface area (TPSA) is 130 Å². The highest BCUT2D eigenvalue weighted by Gasteiger charge is 2.44. The van der Waals surface area contributed by atoms with Crippen molar-refractivity contribution in [2.45, 2.75) is 63.4 Å². The Labute approximate surface area is 222 Å². The first kappa shape index (κ1) is 27.0. The van der Waals surface area contributed by atoms with Gasteiger partial charge in [0.1, 0.15) is 30.6 Å². The van der Waals surface area contributed by atoms with E-state index < -0.39 is 36.0 Å². The molecule has 212 valence electrons. The maximum atomic E-state index is 13.4. The quantitative estimate of drug-likeness (QED) is 0.482. The van der Waals surface area contributed by atoms with Gasteiger partial charge in [-0.05, 0) is 33.3 Å². The third-order valence-electron chi connectivity index (χ3n) is 6.78. The lowest BCUT2D eigenvalue weighted by atomic mass is 10.1. The van der Waals surface area contributed by atoms with Crippen molar-refractivity contribution in [2.24, 2.45) is 0 Å². The number of carbonyl (C=O) groups is 2. The van der Waals surface area contributed by atoms with Gasteiger partial charge in [0.05, 0.1) is 18.3 Å². The van der Waals surface area contributed by atoms with Gasteiger partial charge in [0.15, 0.2) is 5.79 Å². The highest BCUT2D eigenvalue weighted by molar-refractivity contribution is 5.90. The number of hydrogen-bond acceptors (Lipinski definition) is 9. The minimum Gasteiger partial charge on any atom is -0.475 e. The monoisotopic (exact) mass is 553 g/mol. The zero-order chi connectivity index (χ0) is 27.9. The fourth-order valence-corrected chi connectivity index (χ4v) is 4.81. The lowest BCUT2D eigenvalue weighted by molar-refractivity contribution is -0.158. The molecule has 39 heavy (non-hydrogen) atoms. The number of dihydropyridines is 1. The molecule has 5 heterocycles. The molecule has 0 aliphatic carbocycles. The number of rotatable bonds is 6. The van der Waals surface area contributed by atoms with E-state index in [2.05, 4.69) is 25.5 Å². The Balaban J connectivity index is 1.26. The Hall–Kier alpha value is -3.59. The SMILES string of the molecule is C[C@@H](NC(=O)C1C=CC2=C(N1)N(C(=O)Nc1nccc(OC[C@@H]3COC(C)(C)O3)n1)[C@H]1CCN2C1)C(F)(F)F. The standard InChI is InChI=1S/C24H30F3N7O5/c1-13(24(25,26)27)29-20(35)16-4-5-17-19(30-16)34(14-7-9-33(17)10-14)22(36)32-21-28-8-6-18(31-21)37-11-15-12-38-23(2,3)39-15/h4-6,8,13-16,30H,7,9-12H2,1-3H3,(H,29,35)(H,28,31,32,36)/t13-,14+,15-,16?/m1/s1. The zero-order valence-corrected chi connectivity index (χ0v) is 21.6. The molecule has 3 amide bonds. The van der Waals surface area contributed by atoms with Crippen LogP contribution in [0.25, 0.3) is 0 Å². The Bertz CT molecular complexity index is 1190. The van der Waals surface area contributed by atoms with Crippen LogP contribution < -0.4 is 20.7 Å². The molecule has 12 nitrogen and oxygen atoms in total. The van der Waals surface area contributed by atoms with Crippen molar-refractivity contribution in [2.75, 3.05) is 31.6 Å². The first-order valence-electron chi connectivity index (χ1n) is 12.6. The summed E-state index contributed by atoms with van der Waals surface area (Å²) < 4.78 is 55.8. The summed E-state index contributed by atoms with van der Waals surface area (Å²) in [4.78, 5) is 37.9. The lowest BCUT2D eigenvalue weighted by Gasteiger charge is -2.40. The molecule has 4 aliphatic rings. The van der Waals surface area contributed by atoms with Gasteiger partial charge >= 0.3 is 12.2 Å². The van der Waals surface area contributed by atoms with E-state index in [1.165, 1.54) is 17.2 Å². The second-order valence-electron chi connectivity index (χ2n) is 10.2. The first-order chi connectivity index (χ1) is 18.4. The minimum absolute atomic E-state index is 0.00337. The molecule has 2 saturated heterocycles. The average molecular weight is 554 g/mol. The van der Waals surface area contributed by atoms with Crippen LogP contribution >= 0.6 is 0 Å². The van der Waals surface area contributed by atoms with E-state index in [1.807, 2.05) is 19.2 Å². The first-order valence-corrected chi connectivity index (χ1v) is 12.6. The molecule has 1 aromatic heterocycles. The number of fused-ring (bicyclic) bond motifs is 3. The number of aromatic nitrogens is 2. The number of nitrogens with zero attached hydrogens (tertiary/aromatic N) is 4. The molecule has 0 radical (unpaired) electrons. The van der Waals surface area contributed by atoms with Crippen LogP contribution in [-0.4, -0.2) is 94.2 Å². The number of amides is 3. The molecule has 0 aromatic carbocycles. The molecule has 1 unspecified atom stereocenters. The minimum atomic E-state index is -4.58. The maximum absolute atomic E-state index is 13.4. The fraction of sp³-hybridized carbons (Fsp3) is 0.583. The summed E-state index contributed by atoms with van der Waals surface area (Å²) in [6.07, 6.45) is 0.393. The van der Waals surface area contributed by atoms with Crippen LogP contribution in [0.4, 0.5) is 23.9 Å².